The van der Waals surface area contributed by atoms with Gasteiger partial charge in [-0.2, -0.15) is 0 Å². The summed E-state index contributed by atoms with van der Waals surface area (Å²) in [7, 11) is 0. The average molecular weight is 295 g/mol. The van der Waals surface area contributed by atoms with E-state index in [0.29, 0.717) is 5.92 Å². The molecule has 112 valence electrons. The van der Waals surface area contributed by atoms with Gasteiger partial charge in [0.15, 0.2) is 0 Å². The maximum absolute atomic E-state index is 6.76. The van der Waals surface area contributed by atoms with Crippen molar-refractivity contribution in [1.29, 1.82) is 0 Å². The van der Waals surface area contributed by atoms with Gasteiger partial charge in [0.05, 0.1) is 12.0 Å². The van der Waals surface area contributed by atoms with Gasteiger partial charge in [-0.05, 0) is 30.0 Å². The Morgan fingerprint density at radius 2 is 2.05 bits per heavy atom. The van der Waals surface area contributed by atoms with E-state index in [-0.39, 0.29) is 10.8 Å². The van der Waals surface area contributed by atoms with Crippen molar-refractivity contribution in [2.75, 3.05) is 6.61 Å². The van der Waals surface area contributed by atoms with E-state index in [0.717, 1.165) is 18.8 Å². The minimum Gasteiger partial charge on any atom is -0.492 e. The Morgan fingerprint density at radius 1 is 1.30 bits per heavy atom. The average Bonchev–Trinajstić information content (AvgIpc) is 2.75. The molecule has 1 aliphatic heterocycles. The Labute approximate surface area is 128 Å². The summed E-state index contributed by atoms with van der Waals surface area (Å²) in [6.07, 6.45) is 4.87. The largest absolute Gasteiger partial charge is 0.492 e. The van der Waals surface area contributed by atoms with E-state index in [1.165, 1.54) is 30.4 Å². The molecule has 1 aromatic rings. The molecule has 2 rings (SSSR count). The summed E-state index contributed by atoms with van der Waals surface area (Å²) < 4.78 is 5.76. The van der Waals surface area contributed by atoms with E-state index in [2.05, 4.69) is 45.9 Å². The lowest BCUT2D eigenvalue weighted by atomic mass is 9.84. The van der Waals surface area contributed by atoms with Crippen LogP contribution < -0.4 is 4.74 Å². The highest BCUT2D eigenvalue weighted by Crippen LogP contribution is 2.42. The molecule has 0 fully saturated rings. The Kier molecular flexibility index (Phi) is 5.01. The molecule has 20 heavy (non-hydrogen) atoms. The lowest BCUT2D eigenvalue weighted by Gasteiger charge is -2.23. The first kappa shape index (κ1) is 15.7. The summed E-state index contributed by atoms with van der Waals surface area (Å²) in [6.45, 7) is 9.73. The summed E-state index contributed by atoms with van der Waals surface area (Å²) in [5.41, 5.74) is 2.67. The molecule has 0 saturated carbocycles. The molecule has 2 heteroatoms. The van der Waals surface area contributed by atoms with Gasteiger partial charge in [0.2, 0.25) is 0 Å². The number of halogens is 1. The van der Waals surface area contributed by atoms with Gasteiger partial charge in [0, 0.05) is 11.0 Å². The normalized spacial score (nSPS) is 19.2. The van der Waals surface area contributed by atoms with Crippen LogP contribution in [0.3, 0.4) is 0 Å². The van der Waals surface area contributed by atoms with Crippen LogP contribution in [0.1, 0.15) is 69.9 Å². The highest BCUT2D eigenvalue weighted by Gasteiger charge is 2.32. The van der Waals surface area contributed by atoms with Crippen molar-refractivity contribution < 1.29 is 4.74 Å². The third-order valence-electron chi connectivity index (χ3n) is 4.51. The molecule has 1 aliphatic rings. The monoisotopic (exact) mass is 294 g/mol. The Balaban J connectivity index is 2.20. The first-order valence-corrected chi connectivity index (χ1v) is 8.34. The summed E-state index contributed by atoms with van der Waals surface area (Å²) in [5.74, 6) is 1.60. The van der Waals surface area contributed by atoms with E-state index in [9.17, 15) is 0 Å². The molecule has 1 aromatic carbocycles. The van der Waals surface area contributed by atoms with Crippen molar-refractivity contribution in [2.24, 2.45) is 5.92 Å². The Hall–Kier alpha value is -0.690. The van der Waals surface area contributed by atoms with Gasteiger partial charge in [0.25, 0.3) is 0 Å². The number of unbranched alkanes of at least 4 members (excludes halogenated alkanes) is 1. The van der Waals surface area contributed by atoms with Gasteiger partial charge in [-0.25, -0.2) is 0 Å². The van der Waals surface area contributed by atoms with Crippen LogP contribution in [0.15, 0.2) is 18.2 Å². The maximum atomic E-state index is 6.76. The molecule has 1 nitrogen and oxygen atoms in total. The van der Waals surface area contributed by atoms with Crippen molar-refractivity contribution >= 4 is 11.6 Å². The van der Waals surface area contributed by atoms with E-state index >= 15 is 0 Å². The number of alkyl halides is 1. The van der Waals surface area contributed by atoms with Gasteiger partial charge in [-0.1, -0.05) is 53.0 Å². The van der Waals surface area contributed by atoms with Crippen LogP contribution in [0.2, 0.25) is 0 Å². The predicted octanol–water partition coefficient (Wildman–Crippen LogP) is 5.85. The highest BCUT2D eigenvalue weighted by molar-refractivity contribution is 6.21. The fraction of sp³-hybridized carbons (Fsp3) is 0.667. The van der Waals surface area contributed by atoms with Crippen LogP contribution in [0.5, 0.6) is 5.75 Å². The van der Waals surface area contributed by atoms with Crippen LogP contribution in [0.25, 0.3) is 0 Å². The zero-order valence-corrected chi connectivity index (χ0v) is 14.0. The third-order valence-corrected chi connectivity index (χ3v) is 5.11. The minimum atomic E-state index is 0.104. The molecule has 0 bridgehead atoms. The molecule has 0 amide bonds. The van der Waals surface area contributed by atoms with Gasteiger partial charge >= 0.3 is 0 Å². The predicted molar refractivity (Wildman–Crippen MR) is 86.9 cm³/mol. The number of benzene rings is 1. The fourth-order valence-corrected chi connectivity index (χ4v) is 3.45. The number of hydrogen-bond acceptors (Lipinski definition) is 1. The Bertz CT molecular complexity index is 453. The standard InChI is InChI=1S/C18H27ClO/c1-5-7-8-13(6-2)17(19)14-9-10-16-15(11-14)18(3,4)12-20-16/h9-11,13,17H,5-8,12H2,1-4H3. The number of ether oxygens (including phenoxy) is 1. The second-order valence-corrected chi connectivity index (χ2v) is 7.11. The lowest BCUT2D eigenvalue weighted by Crippen LogP contribution is -2.18. The number of rotatable bonds is 6. The molecule has 0 spiro atoms. The van der Waals surface area contributed by atoms with Crippen LogP contribution in [0.4, 0.5) is 0 Å². The van der Waals surface area contributed by atoms with Crippen molar-refractivity contribution in [3.05, 3.63) is 29.3 Å². The van der Waals surface area contributed by atoms with Crippen molar-refractivity contribution in [2.45, 2.75) is 64.2 Å². The van der Waals surface area contributed by atoms with Crippen LogP contribution in [-0.2, 0) is 5.41 Å². The molecular weight excluding hydrogens is 268 g/mol. The molecule has 0 aromatic heterocycles. The van der Waals surface area contributed by atoms with Crippen LogP contribution >= 0.6 is 11.6 Å². The molecule has 2 atom stereocenters. The highest BCUT2D eigenvalue weighted by atomic mass is 35.5. The van der Waals surface area contributed by atoms with Crippen molar-refractivity contribution in [3.63, 3.8) is 0 Å². The van der Waals surface area contributed by atoms with Crippen LogP contribution in [0, 0.1) is 5.92 Å². The quantitative estimate of drug-likeness (QED) is 0.598. The molecule has 0 aliphatic carbocycles. The second kappa shape index (κ2) is 6.39. The van der Waals surface area contributed by atoms with E-state index in [1.807, 2.05) is 0 Å². The van der Waals surface area contributed by atoms with Crippen LogP contribution in [-0.4, -0.2) is 6.61 Å². The smallest absolute Gasteiger partial charge is 0.123 e. The molecule has 0 radical (unpaired) electrons. The van der Waals surface area contributed by atoms with Gasteiger partial charge in [-0.3, -0.25) is 0 Å². The SMILES string of the molecule is CCCCC(CC)C(Cl)c1ccc2c(c1)C(C)(C)CO2. The molecular formula is C18H27ClO. The summed E-state index contributed by atoms with van der Waals surface area (Å²) in [4.78, 5) is 0. The fourth-order valence-electron chi connectivity index (χ4n) is 3.01. The summed E-state index contributed by atoms with van der Waals surface area (Å²) >= 11 is 6.76. The van der Waals surface area contributed by atoms with Crippen molar-refractivity contribution in [1.82, 2.24) is 0 Å². The Morgan fingerprint density at radius 3 is 2.70 bits per heavy atom. The first-order valence-electron chi connectivity index (χ1n) is 7.91. The lowest BCUT2D eigenvalue weighted by molar-refractivity contribution is 0.291. The zero-order chi connectivity index (χ0) is 14.8. The zero-order valence-electron chi connectivity index (χ0n) is 13.2. The van der Waals surface area contributed by atoms with Gasteiger partial charge < -0.3 is 4.74 Å². The maximum Gasteiger partial charge on any atom is 0.123 e. The molecule has 2 unspecified atom stereocenters. The van der Waals surface area contributed by atoms with Crippen molar-refractivity contribution in [3.8, 4) is 5.75 Å². The van der Waals surface area contributed by atoms with Gasteiger partial charge in [-0.15, -0.1) is 11.6 Å². The van der Waals surface area contributed by atoms with E-state index in [1.54, 1.807) is 0 Å². The minimum absolute atomic E-state index is 0.104. The van der Waals surface area contributed by atoms with E-state index < -0.39 is 0 Å². The third kappa shape index (κ3) is 3.14. The summed E-state index contributed by atoms with van der Waals surface area (Å²) in [5, 5.41) is 0.119. The topological polar surface area (TPSA) is 9.23 Å². The first-order chi connectivity index (χ1) is 9.49. The molecule has 0 saturated heterocycles. The molecule has 0 N–H and O–H groups in total. The number of fused-ring (bicyclic) bond motifs is 1. The molecule has 1 heterocycles. The number of hydrogen-bond donors (Lipinski definition) is 0. The second-order valence-electron chi connectivity index (χ2n) is 6.64. The van der Waals surface area contributed by atoms with E-state index in [4.69, 9.17) is 16.3 Å². The summed E-state index contributed by atoms with van der Waals surface area (Å²) in [6, 6.07) is 6.52. The van der Waals surface area contributed by atoms with Gasteiger partial charge in [0.1, 0.15) is 5.75 Å².